The molecule has 0 saturated heterocycles. The van der Waals surface area contributed by atoms with Gasteiger partial charge in [-0.2, -0.15) is 0 Å². The smallest absolute Gasteiger partial charge is 0.306 e. The van der Waals surface area contributed by atoms with Crippen LogP contribution in [-0.2, 0) is 28.6 Å². The summed E-state index contributed by atoms with van der Waals surface area (Å²) in [6.07, 6.45) is 59.7. The van der Waals surface area contributed by atoms with E-state index in [4.69, 9.17) is 14.2 Å². The van der Waals surface area contributed by atoms with Crippen molar-refractivity contribution in [2.45, 2.75) is 271 Å². The highest BCUT2D eigenvalue weighted by Gasteiger charge is 2.19. The second-order valence-corrected chi connectivity index (χ2v) is 17.4. The summed E-state index contributed by atoms with van der Waals surface area (Å²) in [7, 11) is 0. The minimum Gasteiger partial charge on any atom is -0.462 e. The average Bonchev–Trinajstić information content (AvgIpc) is 3.26. The van der Waals surface area contributed by atoms with Gasteiger partial charge in [-0.1, -0.05) is 223 Å². The number of hydrogen-bond acceptors (Lipinski definition) is 6. The van der Waals surface area contributed by atoms with Crippen LogP contribution in [0.25, 0.3) is 0 Å². The van der Waals surface area contributed by atoms with Crippen LogP contribution < -0.4 is 0 Å². The zero-order chi connectivity index (χ0) is 44.4. The summed E-state index contributed by atoms with van der Waals surface area (Å²) in [5, 5.41) is 0. The Balaban J connectivity index is 4.38. The van der Waals surface area contributed by atoms with E-state index in [1.54, 1.807) is 0 Å². The van der Waals surface area contributed by atoms with Gasteiger partial charge in [0.2, 0.25) is 0 Å². The van der Waals surface area contributed by atoms with Gasteiger partial charge in [0.1, 0.15) is 13.2 Å². The molecule has 0 aromatic heterocycles. The van der Waals surface area contributed by atoms with Gasteiger partial charge in [-0.25, -0.2) is 0 Å². The van der Waals surface area contributed by atoms with Crippen molar-refractivity contribution in [3.05, 3.63) is 48.6 Å². The van der Waals surface area contributed by atoms with Gasteiger partial charge in [0.05, 0.1) is 0 Å². The van der Waals surface area contributed by atoms with Crippen molar-refractivity contribution in [2.75, 3.05) is 13.2 Å². The van der Waals surface area contributed by atoms with E-state index in [-0.39, 0.29) is 37.5 Å². The molecule has 0 rings (SSSR count). The summed E-state index contributed by atoms with van der Waals surface area (Å²) >= 11 is 0. The molecule has 0 bridgehead atoms. The Kier molecular flexibility index (Phi) is 47.9. The summed E-state index contributed by atoms with van der Waals surface area (Å²) in [6.45, 7) is 6.55. The van der Waals surface area contributed by atoms with Crippen LogP contribution in [0.15, 0.2) is 48.6 Å². The van der Waals surface area contributed by atoms with Crippen LogP contribution in [-0.4, -0.2) is 37.2 Å². The number of carbonyl (C=O) groups excluding carboxylic acids is 3. The lowest BCUT2D eigenvalue weighted by atomic mass is 10.0. The first-order chi connectivity index (χ1) is 30.0. The molecule has 0 radical (unpaired) electrons. The molecule has 1 unspecified atom stereocenters. The first-order valence-electron chi connectivity index (χ1n) is 26.1. The molecule has 0 N–H and O–H groups in total. The average molecular weight is 855 g/mol. The highest BCUT2D eigenvalue weighted by atomic mass is 16.6. The van der Waals surface area contributed by atoms with Gasteiger partial charge in [-0.05, 0) is 70.6 Å². The van der Waals surface area contributed by atoms with Crippen LogP contribution in [0.2, 0.25) is 0 Å². The number of ether oxygens (including phenoxy) is 3. The van der Waals surface area contributed by atoms with E-state index in [1.165, 1.54) is 161 Å². The molecule has 61 heavy (non-hydrogen) atoms. The lowest BCUT2D eigenvalue weighted by molar-refractivity contribution is -0.167. The maximum atomic E-state index is 12.8. The van der Waals surface area contributed by atoms with Gasteiger partial charge in [0.15, 0.2) is 6.10 Å². The Labute approximate surface area is 378 Å². The van der Waals surface area contributed by atoms with E-state index in [9.17, 15) is 14.4 Å². The molecule has 0 aliphatic rings. The van der Waals surface area contributed by atoms with Crippen molar-refractivity contribution in [1.82, 2.24) is 0 Å². The van der Waals surface area contributed by atoms with Crippen LogP contribution >= 0.6 is 0 Å². The zero-order valence-corrected chi connectivity index (χ0v) is 40.4. The highest BCUT2D eigenvalue weighted by Crippen LogP contribution is 2.15. The van der Waals surface area contributed by atoms with Crippen LogP contribution in [0.1, 0.15) is 265 Å². The van der Waals surface area contributed by atoms with Crippen molar-refractivity contribution in [1.29, 1.82) is 0 Å². The van der Waals surface area contributed by atoms with Crippen molar-refractivity contribution in [2.24, 2.45) is 0 Å². The van der Waals surface area contributed by atoms with Crippen molar-refractivity contribution < 1.29 is 28.6 Å². The first kappa shape index (κ1) is 58.4. The Morgan fingerprint density at radius 3 is 1.00 bits per heavy atom. The van der Waals surface area contributed by atoms with E-state index >= 15 is 0 Å². The summed E-state index contributed by atoms with van der Waals surface area (Å²) in [5.74, 6) is -0.980. The number of esters is 3. The molecule has 0 aliphatic heterocycles. The Bertz CT molecular complexity index is 1070. The number of rotatable bonds is 47. The number of hydrogen-bond donors (Lipinski definition) is 0. The fourth-order valence-electron chi connectivity index (χ4n) is 7.34. The standard InChI is InChI=1S/C55H98O6/c1-4-7-10-13-16-19-21-23-25-27-29-31-33-36-39-42-45-48-54(57)60-51-52(50-59-53(56)47-44-41-38-35-18-15-12-9-6-3)61-55(58)49-46-43-40-37-34-32-30-28-26-24-22-20-17-14-11-8-5-2/h23,25,29,31,35-36,38-39,52H,4-22,24,26-28,30,32-34,37,40-51H2,1-3H3/b25-23-,31-29-,38-35-,39-36-. The molecule has 1 atom stereocenters. The summed E-state index contributed by atoms with van der Waals surface area (Å²) < 4.78 is 16.7. The predicted octanol–water partition coefficient (Wildman–Crippen LogP) is 17.1. The molecule has 0 heterocycles. The van der Waals surface area contributed by atoms with Crippen LogP contribution in [0.3, 0.4) is 0 Å². The molecule has 0 saturated carbocycles. The zero-order valence-electron chi connectivity index (χ0n) is 40.4. The normalized spacial score (nSPS) is 12.4. The van der Waals surface area contributed by atoms with E-state index in [0.29, 0.717) is 25.7 Å². The van der Waals surface area contributed by atoms with Crippen molar-refractivity contribution in [3.8, 4) is 0 Å². The molecule has 0 spiro atoms. The van der Waals surface area contributed by atoms with Gasteiger partial charge < -0.3 is 14.2 Å². The quantitative estimate of drug-likeness (QED) is 0.0263. The van der Waals surface area contributed by atoms with Crippen molar-refractivity contribution in [3.63, 3.8) is 0 Å². The maximum Gasteiger partial charge on any atom is 0.306 e. The molecular weight excluding hydrogens is 757 g/mol. The molecule has 0 aliphatic carbocycles. The molecule has 0 aromatic carbocycles. The SMILES string of the molecule is CCCCCC/C=C\CCCC(=O)OCC(COC(=O)CCC/C=C\C/C=C\C/C=C\CCCCCCCC)OC(=O)CCCCCCCCCCCCCCCCCCC. The molecule has 0 aromatic rings. The van der Waals surface area contributed by atoms with Crippen molar-refractivity contribution >= 4 is 17.9 Å². The van der Waals surface area contributed by atoms with Gasteiger partial charge in [-0.3, -0.25) is 14.4 Å². The lowest BCUT2D eigenvalue weighted by Crippen LogP contribution is -2.30. The third-order valence-corrected chi connectivity index (χ3v) is 11.3. The molecule has 6 heteroatoms. The largest absolute Gasteiger partial charge is 0.462 e. The van der Waals surface area contributed by atoms with Gasteiger partial charge in [-0.15, -0.1) is 0 Å². The number of allylic oxidation sites excluding steroid dienone is 8. The minimum atomic E-state index is -0.800. The van der Waals surface area contributed by atoms with Gasteiger partial charge in [0, 0.05) is 19.3 Å². The fraction of sp³-hybridized carbons (Fsp3) is 0.800. The van der Waals surface area contributed by atoms with Crippen LogP contribution in [0.4, 0.5) is 0 Å². The van der Waals surface area contributed by atoms with Crippen LogP contribution in [0.5, 0.6) is 0 Å². The summed E-state index contributed by atoms with van der Waals surface area (Å²) in [6, 6.07) is 0. The van der Waals surface area contributed by atoms with E-state index in [1.807, 2.05) is 0 Å². The predicted molar refractivity (Wildman–Crippen MR) is 261 cm³/mol. The molecule has 354 valence electrons. The second kappa shape index (κ2) is 50.0. The monoisotopic (exact) mass is 855 g/mol. The van der Waals surface area contributed by atoms with E-state index in [0.717, 1.165) is 51.4 Å². The molecule has 0 fully saturated rings. The fourth-order valence-corrected chi connectivity index (χ4v) is 7.34. The van der Waals surface area contributed by atoms with E-state index < -0.39 is 6.10 Å². The van der Waals surface area contributed by atoms with Gasteiger partial charge in [0.25, 0.3) is 0 Å². The Morgan fingerprint density at radius 2 is 0.607 bits per heavy atom. The lowest BCUT2D eigenvalue weighted by Gasteiger charge is -2.18. The molecular formula is C55H98O6. The maximum absolute atomic E-state index is 12.8. The van der Waals surface area contributed by atoms with Gasteiger partial charge >= 0.3 is 17.9 Å². The Hall–Kier alpha value is -2.63. The summed E-state index contributed by atoms with van der Waals surface area (Å²) in [4.78, 5) is 37.8. The Morgan fingerprint density at radius 1 is 0.328 bits per heavy atom. The number of carbonyl (C=O) groups is 3. The summed E-state index contributed by atoms with van der Waals surface area (Å²) in [5.41, 5.74) is 0. The third kappa shape index (κ3) is 48.3. The highest BCUT2D eigenvalue weighted by molar-refractivity contribution is 5.71. The van der Waals surface area contributed by atoms with E-state index in [2.05, 4.69) is 69.4 Å². The number of unbranched alkanes of at least 4 members (excludes halogenated alkanes) is 28. The minimum absolute atomic E-state index is 0.102. The second-order valence-electron chi connectivity index (χ2n) is 17.4. The first-order valence-corrected chi connectivity index (χ1v) is 26.1. The third-order valence-electron chi connectivity index (χ3n) is 11.3. The molecule has 0 amide bonds. The van der Waals surface area contributed by atoms with Crippen LogP contribution in [0, 0.1) is 0 Å². The molecule has 6 nitrogen and oxygen atoms in total. The topological polar surface area (TPSA) is 78.9 Å².